The Kier molecular flexibility index (Phi) is 5.15. The summed E-state index contributed by atoms with van der Waals surface area (Å²) in [7, 11) is 0. The van der Waals surface area contributed by atoms with Crippen LogP contribution in [0.5, 0.6) is 0 Å². The predicted molar refractivity (Wildman–Crippen MR) is 85.3 cm³/mol. The molecule has 2 rings (SSSR count). The number of amides is 2. The fourth-order valence-corrected chi connectivity index (χ4v) is 2.43. The lowest BCUT2D eigenvalue weighted by molar-refractivity contribution is -0.138. The van der Waals surface area contributed by atoms with Gasteiger partial charge in [-0.15, -0.1) is 0 Å². The Bertz CT molecular complexity index is 743. The monoisotopic (exact) mass is 354 g/mol. The third-order valence-electron chi connectivity index (χ3n) is 3.66. The van der Waals surface area contributed by atoms with E-state index in [0.717, 1.165) is 6.07 Å². The summed E-state index contributed by atoms with van der Waals surface area (Å²) in [5.74, 6) is -1.12. The smallest absolute Gasteiger partial charge is 0.355 e. The predicted octanol–water partition coefficient (Wildman–Crippen LogP) is 1.61. The first-order valence-corrected chi connectivity index (χ1v) is 7.35. The Morgan fingerprint density at radius 2 is 2.04 bits per heavy atom. The van der Waals surface area contributed by atoms with E-state index in [1.54, 1.807) is 0 Å². The number of nitrogens with one attached hydrogen (secondary N) is 3. The van der Waals surface area contributed by atoms with Crippen LogP contribution in [-0.2, 0) is 22.3 Å². The molecule has 1 aliphatic heterocycles. The molecule has 1 aromatic carbocycles. The first kappa shape index (κ1) is 18.5. The van der Waals surface area contributed by atoms with Gasteiger partial charge in [0.25, 0.3) is 5.91 Å². The van der Waals surface area contributed by atoms with E-state index >= 15 is 0 Å². The molecule has 6 nitrogen and oxygen atoms in total. The maximum atomic E-state index is 13.0. The van der Waals surface area contributed by atoms with Gasteiger partial charge >= 0.3 is 6.18 Å². The van der Waals surface area contributed by atoms with Crippen LogP contribution in [0.1, 0.15) is 23.6 Å². The van der Waals surface area contributed by atoms with Crippen molar-refractivity contribution in [3.8, 4) is 0 Å². The van der Waals surface area contributed by atoms with Gasteiger partial charge in [0.15, 0.2) is 0 Å². The molecule has 0 saturated carbocycles. The third-order valence-corrected chi connectivity index (χ3v) is 3.66. The van der Waals surface area contributed by atoms with Crippen molar-refractivity contribution in [2.75, 3.05) is 0 Å². The largest absolute Gasteiger partial charge is 0.416 e. The normalized spacial score (nSPS) is 19.2. The number of alkyl halides is 3. The molecule has 0 fully saturated rings. The molecule has 25 heavy (non-hydrogen) atoms. The average molecular weight is 354 g/mol. The average Bonchev–Trinajstić information content (AvgIpc) is 2.52. The van der Waals surface area contributed by atoms with Crippen molar-refractivity contribution in [2.24, 2.45) is 4.99 Å². The lowest BCUT2D eigenvalue weighted by Crippen LogP contribution is -2.67. The first-order valence-electron chi connectivity index (χ1n) is 7.35. The molecule has 0 bridgehead atoms. The number of carbonyl (C=O) groups excluding carboxylic acids is 2. The number of aliphatic imine (C=N–C) groups is 1. The highest BCUT2D eigenvalue weighted by molar-refractivity contribution is 6.06. The summed E-state index contributed by atoms with van der Waals surface area (Å²) in [6, 6.07) is 3.77. The Morgan fingerprint density at radius 1 is 1.32 bits per heavy atom. The van der Waals surface area contributed by atoms with E-state index in [-0.39, 0.29) is 12.1 Å². The molecule has 0 aliphatic carbocycles. The van der Waals surface area contributed by atoms with E-state index in [2.05, 4.69) is 20.9 Å². The second-order valence-electron chi connectivity index (χ2n) is 5.50. The lowest BCUT2D eigenvalue weighted by atomic mass is 10.0. The van der Waals surface area contributed by atoms with Crippen molar-refractivity contribution in [1.82, 2.24) is 16.0 Å². The minimum absolute atomic E-state index is 0.0362. The second kappa shape index (κ2) is 6.96. The van der Waals surface area contributed by atoms with Gasteiger partial charge in [-0.3, -0.25) is 14.6 Å². The molecule has 1 heterocycles. The topological polar surface area (TPSA) is 82.6 Å². The van der Waals surface area contributed by atoms with Crippen LogP contribution >= 0.6 is 0 Å². The van der Waals surface area contributed by atoms with Crippen molar-refractivity contribution in [3.63, 3.8) is 0 Å². The van der Waals surface area contributed by atoms with E-state index < -0.39 is 29.2 Å². The molecule has 9 heteroatoms. The molecule has 134 valence electrons. The van der Waals surface area contributed by atoms with Crippen LogP contribution in [0.15, 0.2) is 35.6 Å². The highest BCUT2D eigenvalue weighted by atomic mass is 19.4. The number of benzene rings is 1. The number of rotatable bonds is 4. The summed E-state index contributed by atoms with van der Waals surface area (Å²) in [4.78, 5) is 27.7. The van der Waals surface area contributed by atoms with Gasteiger partial charge in [-0.05, 0) is 24.1 Å². The molecule has 0 saturated heterocycles. The summed E-state index contributed by atoms with van der Waals surface area (Å²) in [5.41, 5.74) is -1.98. The molecule has 0 aromatic heterocycles. The van der Waals surface area contributed by atoms with Gasteiger partial charge in [-0.2, -0.15) is 13.2 Å². The number of halogens is 3. The van der Waals surface area contributed by atoms with Gasteiger partial charge in [0.2, 0.25) is 11.6 Å². The Hall–Kier alpha value is -2.84. The van der Waals surface area contributed by atoms with Crippen LogP contribution in [0.2, 0.25) is 0 Å². The zero-order valence-corrected chi connectivity index (χ0v) is 13.6. The Morgan fingerprint density at radius 3 is 2.60 bits per heavy atom. The van der Waals surface area contributed by atoms with Crippen molar-refractivity contribution >= 4 is 18.0 Å². The van der Waals surface area contributed by atoms with Gasteiger partial charge in [0, 0.05) is 25.9 Å². The first-order chi connectivity index (χ1) is 11.7. The Balaban J connectivity index is 2.18. The van der Waals surface area contributed by atoms with Crippen LogP contribution in [0.25, 0.3) is 0 Å². The van der Waals surface area contributed by atoms with Crippen molar-refractivity contribution in [3.05, 3.63) is 47.3 Å². The lowest BCUT2D eigenvalue weighted by Gasteiger charge is -2.31. The maximum absolute atomic E-state index is 13.0. The van der Waals surface area contributed by atoms with Gasteiger partial charge in [0.1, 0.15) is 0 Å². The van der Waals surface area contributed by atoms with Gasteiger partial charge in [0.05, 0.1) is 11.8 Å². The zero-order valence-electron chi connectivity index (χ0n) is 13.6. The summed E-state index contributed by atoms with van der Waals surface area (Å²) < 4.78 is 38.9. The number of carbonyl (C=O) groups is 2. The highest BCUT2D eigenvalue weighted by Crippen LogP contribution is 2.32. The summed E-state index contributed by atoms with van der Waals surface area (Å²) in [6.07, 6.45) is -0.484. The van der Waals surface area contributed by atoms with Crippen molar-refractivity contribution in [1.29, 1.82) is 0 Å². The van der Waals surface area contributed by atoms with Crippen LogP contribution in [0, 0.1) is 6.92 Å². The van der Waals surface area contributed by atoms with Gasteiger partial charge < -0.3 is 16.0 Å². The quantitative estimate of drug-likeness (QED) is 0.768. The van der Waals surface area contributed by atoms with Crippen LogP contribution in [0.3, 0.4) is 0 Å². The summed E-state index contributed by atoms with van der Waals surface area (Å²) in [5, 5.41) is 7.66. The molecular formula is C16H17F3N4O2. The van der Waals surface area contributed by atoms with Crippen molar-refractivity contribution in [2.45, 2.75) is 32.2 Å². The van der Waals surface area contributed by atoms with E-state index in [1.807, 2.05) is 0 Å². The standard InChI is InChI=1S/C16H17F3N4O2/c1-10-12(4-3-5-13(10)16(17,18)19)8-21-14(25)15(23-11(2)24)9-20-6-7-22-15/h3-7,9,22H,8H2,1-2H3,(H,21,25)(H,23,24). The molecule has 0 radical (unpaired) electrons. The number of hydrogen-bond donors (Lipinski definition) is 3. The molecule has 1 aromatic rings. The van der Waals surface area contributed by atoms with E-state index in [4.69, 9.17) is 0 Å². The van der Waals surface area contributed by atoms with E-state index in [0.29, 0.717) is 5.56 Å². The molecule has 1 aliphatic rings. The van der Waals surface area contributed by atoms with E-state index in [1.165, 1.54) is 44.6 Å². The second-order valence-corrected chi connectivity index (χ2v) is 5.50. The zero-order chi connectivity index (χ0) is 18.7. The minimum atomic E-state index is -4.47. The molecule has 0 spiro atoms. The van der Waals surface area contributed by atoms with Crippen LogP contribution in [-0.4, -0.2) is 23.7 Å². The van der Waals surface area contributed by atoms with Crippen LogP contribution in [0.4, 0.5) is 13.2 Å². The van der Waals surface area contributed by atoms with E-state index in [9.17, 15) is 22.8 Å². The molecule has 3 N–H and O–H groups in total. The molecule has 1 atom stereocenters. The third kappa shape index (κ3) is 4.17. The fourth-order valence-electron chi connectivity index (χ4n) is 2.43. The minimum Gasteiger partial charge on any atom is -0.355 e. The van der Waals surface area contributed by atoms with Gasteiger partial charge in [-0.1, -0.05) is 12.1 Å². The molecule has 1 unspecified atom stereocenters. The van der Waals surface area contributed by atoms with Gasteiger partial charge in [-0.25, -0.2) is 0 Å². The fraction of sp³-hybridized carbons (Fsp3) is 0.312. The molecule has 2 amide bonds. The molecular weight excluding hydrogens is 337 g/mol. The Labute approximate surface area is 142 Å². The van der Waals surface area contributed by atoms with Crippen LogP contribution < -0.4 is 16.0 Å². The summed E-state index contributed by atoms with van der Waals surface area (Å²) in [6.45, 7) is 2.45. The number of nitrogens with zero attached hydrogens (tertiary/aromatic N) is 1. The summed E-state index contributed by atoms with van der Waals surface area (Å²) >= 11 is 0. The van der Waals surface area contributed by atoms with Crippen molar-refractivity contribution < 1.29 is 22.8 Å². The SMILES string of the molecule is CC(=O)NC1(C(=O)NCc2cccc(C(F)(F)F)c2C)C=NC=CN1. The highest BCUT2D eigenvalue weighted by Gasteiger charge is 2.38. The number of hydrogen-bond acceptors (Lipinski definition) is 4. The maximum Gasteiger partial charge on any atom is 0.416 e.